The van der Waals surface area contributed by atoms with Crippen molar-refractivity contribution in [3.05, 3.63) is 22.3 Å². The topological polar surface area (TPSA) is 85.2 Å². The van der Waals surface area contributed by atoms with Crippen molar-refractivity contribution in [1.29, 1.82) is 0 Å². The fraction of sp³-hybridized carbons (Fsp3) is 0.375. The van der Waals surface area contributed by atoms with Crippen LogP contribution in [0.1, 0.15) is 18.6 Å². The minimum atomic E-state index is -0.773. The number of nitrogen functional groups attached to an aromatic ring is 1. The van der Waals surface area contributed by atoms with E-state index in [1.165, 1.54) is 0 Å². The molecule has 1 heterocycles. The maximum Gasteiger partial charge on any atom is 0.129 e. The maximum atomic E-state index is 9.64. The molecule has 0 saturated carbocycles. The molecule has 4 nitrogen and oxygen atoms in total. The average molecular weight is 246 g/mol. The van der Waals surface area contributed by atoms with Crippen molar-refractivity contribution in [2.75, 3.05) is 5.73 Å². The molecule has 1 rings (SSSR count). The smallest absolute Gasteiger partial charge is 0.129 e. The number of nitrogens with two attached hydrogens (primary N) is 2. The third-order valence-corrected chi connectivity index (χ3v) is 2.17. The first-order valence-corrected chi connectivity index (χ1v) is 4.66. The van der Waals surface area contributed by atoms with Crippen molar-refractivity contribution in [3.63, 3.8) is 0 Å². The van der Waals surface area contributed by atoms with Gasteiger partial charge in [-0.05, 0) is 28.9 Å². The molecule has 2 unspecified atom stereocenters. The molecule has 0 bridgehead atoms. The van der Waals surface area contributed by atoms with Crippen LogP contribution in [0.3, 0.4) is 0 Å². The lowest BCUT2D eigenvalue weighted by Gasteiger charge is -2.16. The van der Waals surface area contributed by atoms with Crippen molar-refractivity contribution in [2.24, 2.45) is 5.73 Å². The van der Waals surface area contributed by atoms with Gasteiger partial charge in [-0.1, -0.05) is 0 Å². The molecule has 0 aliphatic heterocycles. The van der Waals surface area contributed by atoms with Gasteiger partial charge in [-0.2, -0.15) is 0 Å². The molecule has 72 valence electrons. The Hall–Kier alpha value is -0.650. The lowest BCUT2D eigenvalue weighted by atomic mass is 10.1. The zero-order chi connectivity index (χ0) is 10.0. The molecule has 0 aromatic carbocycles. The van der Waals surface area contributed by atoms with E-state index in [0.29, 0.717) is 11.4 Å². The highest BCUT2D eigenvalue weighted by Crippen LogP contribution is 2.23. The van der Waals surface area contributed by atoms with E-state index < -0.39 is 6.10 Å². The minimum Gasteiger partial charge on any atom is -0.387 e. The summed E-state index contributed by atoms with van der Waals surface area (Å²) in [5.74, 6) is 0.313. The predicted molar refractivity (Wildman–Crippen MR) is 55.0 cm³/mol. The van der Waals surface area contributed by atoms with E-state index in [1.807, 2.05) is 0 Å². The maximum absolute atomic E-state index is 9.64. The summed E-state index contributed by atoms with van der Waals surface area (Å²) >= 11 is 3.24. The van der Waals surface area contributed by atoms with Gasteiger partial charge in [0.1, 0.15) is 5.82 Å². The van der Waals surface area contributed by atoms with Crippen LogP contribution in [0.25, 0.3) is 0 Å². The van der Waals surface area contributed by atoms with Gasteiger partial charge >= 0.3 is 0 Å². The number of hydrogen-bond acceptors (Lipinski definition) is 4. The number of aliphatic hydroxyl groups excluding tert-OH is 1. The highest BCUT2D eigenvalue weighted by atomic mass is 79.9. The minimum absolute atomic E-state index is 0.313. The third-order valence-electron chi connectivity index (χ3n) is 1.73. The van der Waals surface area contributed by atoms with Crippen LogP contribution < -0.4 is 11.5 Å². The monoisotopic (exact) mass is 245 g/mol. The standard InChI is InChI=1S/C8H12BrN3O/c1-4(10)7(13)6-2-5(9)3-12-8(6)11/h2-4,7,13H,10H2,1H3,(H2,11,12). The molecule has 0 radical (unpaired) electrons. The SMILES string of the molecule is CC(N)C(O)c1cc(Br)cnc1N. The predicted octanol–water partition coefficient (Wildman–Crippen LogP) is 0.807. The normalized spacial score (nSPS) is 15.4. The molecule has 0 saturated heterocycles. The quantitative estimate of drug-likeness (QED) is 0.720. The highest BCUT2D eigenvalue weighted by molar-refractivity contribution is 9.10. The number of nitrogens with zero attached hydrogens (tertiary/aromatic N) is 1. The Labute approximate surface area is 85.1 Å². The Balaban J connectivity index is 3.05. The summed E-state index contributed by atoms with van der Waals surface area (Å²) in [5, 5.41) is 9.64. The zero-order valence-corrected chi connectivity index (χ0v) is 8.82. The molecular formula is C8H12BrN3O. The summed E-state index contributed by atoms with van der Waals surface area (Å²) in [6.45, 7) is 1.71. The Morgan fingerprint density at radius 2 is 2.23 bits per heavy atom. The number of aromatic nitrogens is 1. The number of anilines is 1. The Bertz CT molecular complexity index is 303. The van der Waals surface area contributed by atoms with Crippen molar-refractivity contribution in [2.45, 2.75) is 19.1 Å². The number of hydrogen-bond donors (Lipinski definition) is 3. The first kappa shape index (κ1) is 10.4. The van der Waals surface area contributed by atoms with Gasteiger partial charge in [-0.3, -0.25) is 0 Å². The van der Waals surface area contributed by atoms with Gasteiger partial charge in [-0.25, -0.2) is 4.98 Å². The molecule has 0 aliphatic rings. The van der Waals surface area contributed by atoms with Crippen LogP contribution in [-0.4, -0.2) is 16.1 Å². The Morgan fingerprint density at radius 1 is 1.62 bits per heavy atom. The molecule has 2 atom stereocenters. The van der Waals surface area contributed by atoms with Gasteiger partial charge in [0.2, 0.25) is 0 Å². The largest absolute Gasteiger partial charge is 0.387 e. The zero-order valence-electron chi connectivity index (χ0n) is 7.24. The van der Waals surface area contributed by atoms with Crippen molar-refractivity contribution < 1.29 is 5.11 Å². The Kier molecular flexibility index (Phi) is 3.24. The lowest BCUT2D eigenvalue weighted by Crippen LogP contribution is -2.25. The summed E-state index contributed by atoms with van der Waals surface area (Å²) < 4.78 is 0.774. The molecule has 1 aromatic heterocycles. The molecular weight excluding hydrogens is 234 g/mol. The summed E-state index contributed by atoms with van der Waals surface area (Å²) in [5.41, 5.74) is 11.7. The van der Waals surface area contributed by atoms with Crippen LogP contribution in [0.2, 0.25) is 0 Å². The van der Waals surface area contributed by atoms with Gasteiger partial charge in [0.05, 0.1) is 6.10 Å². The second-order valence-corrected chi connectivity index (χ2v) is 3.85. The third kappa shape index (κ3) is 2.40. The van der Waals surface area contributed by atoms with E-state index in [1.54, 1.807) is 19.2 Å². The number of rotatable bonds is 2. The first-order chi connectivity index (χ1) is 6.02. The van der Waals surface area contributed by atoms with E-state index in [4.69, 9.17) is 11.5 Å². The highest BCUT2D eigenvalue weighted by Gasteiger charge is 2.16. The molecule has 5 heteroatoms. The van der Waals surface area contributed by atoms with Crippen LogP contribution in [0, 0.1) is 0 Å². The summed E-state index contributed by atoms with van der Waals surface area (Å²) in [6, 6.07) is 1.36. The summed E-state index contributed by atoms with van der Waals surface area (Å²) in [6.07, 6.45) is 0.803. The van der Waals surface area contributed by atoms with Crippen molar-refractivity contribution in [1.82, 2.24) is 4.98 Å². The molecule has 5 N–H and O–H groups in total. The average Bonchev–Trinajstić information content (AvgIpc) is 2.08. The van der Waals surface area contributed by atoms with Crippen molar-refractivity contribution >= 4 is 21.7 Å². The van der Waals surface area contributed by atoms with Crippen molar-refractivity contribution in [3.8, 4) is 0 Å². The molecule has 0 fully saturated rings. The lowest BCUT2D eigenvalue weighted by molar-refractivity contribution is 0.153. The van der Waals surface area contributed by atoms with Gasteiger partial charge in [0, 0.05) is 22.3 Å². The van der Waals surface area contributed by atoms with Crippen LogP contribution in [0.4, 0.5) is 5.82 Å². The molecule has 13 heavy (non-hydrogen) atoms. The van der Waals surface area contributed by atoms with Crippen LogP contribution in [0.15, 0.2) is 16.7 Å². The molecule has 0 aliphatic carbocycles. The molecule has 0 spiro atoms. The molecule has 0 amide bonds. The van der Waals surface area contributed by atoms with Crippen LogP contribution >= 0.6 is 15.9 Å². The molecule has 1 aromatic rings. The van der Waals surface area contributed by atoms with Gasteiger partial charge < -0.3 is 16.6 Å². The second kappa shape index (κ2) is 4.04. The van der Waals surface area contributed by atoms with E-state index in [0.717, 1.165) is 4.47 Å². The fourth-order valence-electron chi connectivity index (χ4n) is 0.986. The first-order valence-electron chi connectivity index (χ1n) is 3.87. The van der Waals surface area contributed by atoms with E-state index in [9.17, 15) is 5.11 Å². The van der Waals surface area contributed by atoms with E-state index >= 15 is 0 Å². The summed E-state index contributed by atoms with van der Waals surface area (Å²) in [7, 11) is 0. The number of halogens is 1. The number of pyridine rings is 1. The van der Waals surface area contributed by atoms with Crippen LogP contribution in [-0.2, 0) is 0 Å². The Morgan fingerprint density at radius 3 is 2.77 bits per heavy atom. The van der Waals surface area contributed by atoms with Gasteiger partial charge in [0.25, 0.3) is 0 Å². The van der Waals surface area contributed by atoms with E-state index in [-0.39, 0.29) is 6.04 Å². The summed E-state index contributed by atoms with van der Waals surface area (Å²) in [4.78, 5) is 3.90. The second-order valence-electron chi connectivity index (χ2n) is 2.93. The van der Waals surface area contributed by atoms with E-state index in [2.05, 4.69) is 20.9 Å². The van der Waals surface area contributed by atoms with Gasteiger partial charge in [-0.15, -0.1) is 0 Å². The number of aliphatic hydroxyl groups is 1. The fourth-order valence-corrected chi connectivity index (χ4v) is 1.33. The van der Waals surface area contributed by atoms with Crippen LogP contribution in [0.5, 0.6) is 0 Å². The van der Waals surface area contributed by atoms with Gasteiger partial charge in [0.15, 0.2) is 0 Å².